The van der Waals surface area contributed by atoms with Crippen LogP contribution < -0.4 is 5.32 Å². The van der Waals surface area contributed by atoms with Gasteiger partial charge in [0.1, 0.15) is 5.76 Å². The molecule has 2 rings (SSSR count). The van der Waals surface area contributed by atoms with E-state index < -0.39 is 0 Å². The van der Waals surface area contributed by atoms with E-state index in [1.165, 1.54) is 0 Å². The van der Waals surface area contributed by atoms with Crippen LogP contribution in [0.5, 0.6) is 0 Å². The predicted octanol–water partition coefficient (Wildman–Crippen LogP) is 1.06. The second-order valence-electron chi connectivity index (χ2n) is 3.49. The molecule has 1 saturated heterocycles. The Balaban J connectivity index is 2.28. The molecule has 64 valence electrons. The Morgan fingerprint density at radius 3 is 3.00 bits per heavy atom. The fourth-order valence-corrected chi connectivity index (χ4v) is 1.57. The van der Waals surface area contributed by atoms with E-state index in [4.69, 9.17) is 4.42 Å². The fourth-order valence-electron chi connectivity index (χ4n) is 1.57. The van der Waals surface area contributed by atoms with Crippen LogP contribution in [0.2, 0.25) is 0 Å². The second-order valence-corrected chi connectivity index (χ2v) is 3.49. The SMILES string of the molecule is CC1(c2ccco2)CNC(=O)C1. The molecule has 1 aliphatic heterocycles. The molecule has 0 aromatic carbocycles. The first-order valence-corrected chi connectivity index (χ1v) is 4.01. The van der Waals surface area contributed by atoms with Gasteiger partial charge >= 0.3 is 0 Å². The Bertz CT molecular complexity index is 291. The summed E-state index contributed by atoms with van der Waals surface area (Å²) >= 11 is 0. The Labute approximate surface area is 70.8 Å². The molecule has 0 aliphatic carbocycles. The van der Waals surface area contributed by atoms with E-state index in [1.807, 2.05) is 19.1 Å². The normalized spacial score (nSPS) is 28.9. The van der Waals surface area contributed by atoms with Crippen LogP contribution in [0.1, 0.15) is 19.1 Å². The van der Waals surface area contributed by atoms with Crippen molar-refractivity contribution in [1.29, 1.82) is 0 Å². The third kappa shape index (κ3) is 1.02. The van der Waals surface area contributed by atoms with Gasteiger partial charge in [-0.1, -0.05) is 6.92 Å². The van der Waals surface area contributed by atoms with E-state index in [-0.39, 0.29) is 11.3 Å². The van der Waals surface area contributed by atoms with Crippen molar-refractivity contribution < 1.29 is 9.21 Å². The van der Waals surface area contributed by atoms with Crippen molar-refractivity contribution in [2.75, 3.05) is 6.54 Å². The summed E-state index contributed by atoms with van der Waals surface area (Å²) in [7, 11) is 0. The van der Waals surface area contributed by atoms with Crippen LogP contribution in [0, 0.1) is 0 Å². The topological polar surface area (TPSA) is 42.2 Å². The summed E-state index contributed by atoms with van der Waals surface area (Å²) in [4.78, 5) is 11.0. The predicted molar refractivity (Wildman–Crippen MR) is 43.7 cm³/mol. The maximum Gasteiger partial charge on any atom is 0.221 e. The third-order valence-electron chi connectivity index (χ3n) is 2.34. The molecular formula is C9H11NO2. The van der Waals surface area contributed by atoms with Crippen LogP contribution in [0.25, 0.3) is 0 Å². The molecule has 1 N–H and O–H groups in total. The van der Waals surface area contributed by atoms with E-state index >= 15 is 0 Å². The smallest absolute Gasteiger partial charge is 0.221 e. The molecule has 0 spiro atoms. The van der Waals surface area contributed by atoms with E-state index in [9.17, 15) is 4.79 Å². The number of nitrogens with one attached hydrogen (secondary N) is 1. The van der Waals surface area contributed by atoms with Crippen molar-refractivity contribution >= 4 is 5.91 Å². The molecular weight excluding hydrogens is 154 g/mol. The molecule has 3 nitrogen and oxygen atoms in total. The highest BCUT2D eigenvalue weighted by molar-refractivity contribution is 5.80. The van der Waals surface area contributed by atoms with Crippen molar-refractivity contribution in [3.05, 3.63) is 24.2 Å². The lowest BCUT2D eigenvalue weighted by Crippen LogP contribution is -2.24. The molecule has 1 aromatic rings. The van der Waals surface area contributed by atoms with E-state index in [2.05, 4.69) is 5.32 Å². The summed E-state index contributed by atoms with van der Waals surface area (Å²) in [5, 5.41) is 2.80. The van der Waals surface area contributed by atoms with Crippen LogP contribution in [0.4, 0.5) is 0 Å². The van der Waals surface area contributed by atoms with Crippen molar-refractivity contribution in [2.45, 2.75) is 18.8 Å². The summed E-state index contributed by atoms with van der Waals surface area (Å²) in [6.45, 7) is 2.71. The molecule has 1 unspecified atom stereocenters. The van der Waals surface area contributed by atoms with Crippen molar-refractivity contribution in [3.63, 3.8) is 0 Å². The van der Waals surface area contributed by atoms with Crippen LogP contribution in [-0.4, -0.2) is 12.5 Å². The average molecular weight is 165 g/mol. The summed E-state index contributed by atoms with van der Waals surface area (Å²) in [5.74, 6) is 0.995. The minimum absolute atomic E-state index is 0.105. The molecule has 1 aromatic heterocycles. The first-order valence-electron chi connectivity index (χ1n) is 4.01. The van der Waals surface area contributed by atoms with Gasteiger partial charge in [-0.05, 0) is 12.1 Å². The first kappa shape index (κ1) is 7.40. The number of carbonyl (C=O) groups excluding carboxylic acids is 1. The standard InChI is InChI=1S/C9H11NO2/c1-9(5-8(11)10-6-9)7-3-2-4-12-7/h2-4H,5-6H2,1H3,(H,10,11). The lowest BCUT2D eigenvalue weighted by molar-refractivity contribution is -0.119. The van der Waals surface area contributed by atoms with Gasteiger partial charge in [-0.25, -0.2) is 0 Å². The highest BCUT2D eigenvalue weighted by Crippen LogP contribution is 2.30. The number of hydrogen-bond donors (Lipinski definition) is 1. The maximum absolute atomic E-state index is 11.0. The van der Waals surface area contributed by atoms with Gasteiger partial charge in [-0.3, -0.25) is 4.79 Å². The average Bonchev–Trinajstić information content (AvgIpc) is 2.59. The summed E-state index contributed by atoms with van der Waals surface area (Å²) in [6.07, 6.45) is 2.17. The third-order valence-corrected chi connectivity index (χ3v) is 2.34. The Hall–Kier alpha value is -1.25. The lowest BCUT2D eigenvalue weighted by Gasteiger charge is -2.17. The number of amides is 1. The molecule has 0 saturated carbocycles. The lowest BCUT2D eigenvalue weighted by atomic mass is 9.87. The zero-order chi connectivity index (χ0) is 8.60. The zero-order valence-corrected chi connectivity index (χ0v) is 6.96. The second kappa shape index (κ2) is 2.37. The van der Waals surface area contributed by atoms with Crippen LogP contribution >= 0.6 is 0 Å². The number of carbonyl (C=O) groups is 1. The summed E-state index contributed by atoms with van der Waals surface area (Å²) in [5.41, 5.74) is -0.138. The van der Waals surface area contributed by atoms with E-state index in [1.54, 1.807) is 6.26 Å². The van der Waals surface area contributed by atoms with Gasteiger partial charge in [0.05, 0.1) is 11.7 Å². The quantitative estimate of drug-likeness (QED) is 0.676. The van der Waals surface area contributed by atoms with Crippen molar-refractivity contribution in [1.82, 2.24) is 5.32 Å². The highest BCUT2D eigenvalue weighted by Gasteiger charge is 2.37. The van der Waals surface area contributed by atoms with Crippen molar-refractivity contribution in [2.24, 2.45) is 0 Å². The number of hydrogen-bond acceptors (Lipinski definition) is 2. The van der Waals surface area contributed by atoms with E-state index in [0.29, 0.717) is 13.0 Å². The molecule has 0 radical (unpaired) electrons. The monoisotopic (exact) mass is 165 g/mol. The van der Waals surface area contributed by atoms with Gasteiger partial charge in [0.25, 0.3) is 0 Å². The van der Waals surface area contributed by atoms with Crippen LogP contribution in [-0.2, 0) is 10.2 Å². The zero-order valence-electron chi connectivity index (χ0n) is 6.96. The Kier molecular flexibility index (Phi) is 1.46. The van der Waals surface area contributed by atoms with Crippen molar-refractivity contribution in [3.8, 4) is 0 Å². The molecule has 1 atom stereocenters. The molecule has 3 heteroatoms. The fraction of sp³-hybridized carbons (Fsp3) is 0.444. The van der Waals surface area contributed by atoms with Crippen LogP contribution in [0.3, 0.4) is 0 Å². The van der Waals surface area contributed by atoms with Crippen LogP contribution in [0.15, 0.2) is 22.8 Å². The summed E-state index contributed by atoms with van der Waals surface area (Å²) < 4.78 is 5.28. The largest absolute Gasteiger partial charge is 0.469 e. The van der Waals surface area contributed by atoms with Gasteiger partial charge in [-0.2, -0.15) is 0 Å². The number of furan rings is 1. The number of rotatable bonds is 1. The highest BCUT2D eigenvalue weighted by atomic mass is 16.3. The van der Waals surface area contributed by atoms with Gasteiger partial charge in [-0.15, -0.1) is 0 Å². The summed E-state index contributed by atoms with van der Waals surface area (Å²) in [6, 6.07) is 3.77. The van der Waals surface area contributed by atoms with Gasteiger partial charge in [0.2, 0.25) is 5.91 Å². The molecule has 12 heavy (non-hydrogen) atoms. The Morgan fingerprint density at radius 1 is 1.67 bits per heavy atom. The minimum atomic E-state index is -0.138. The minimum Gasteiger partial charge on any atom is -0.469 e. The van der Waals surface area contributed by atoms with Gasteiger partial charge in [0.15, 0.2) is 0 Å². The molecule has 1 amide bonds. The molecule has 1 fully saturated rings. The van der Waals surface area contributed by atoms with E-state index in [0.717, 1.165) is 5.76 Å². The maximum atomic E-state index is 11.0. The first-order chi connectivity index (χ1) is 5.71. The molecule has 1 aliphatic rings. The molecule has 2 heterocycles. The Morgan fingerprint density at radius 2 is 2.50 bits per heavy atom. The molecule has 0 bridgehead atoms. The van der Waals surface area contributed by atoms with Gasteiger partial charge < -0.3 is 9.73 Å². The van der Waals surface area contributed by atoms with Gasteiger partial charge in [0, 0.05) is 13.0 Å².